The number of oxime groups is 1. The molecule has 2 atom stereocenters. The second kappa shape index (κ2) is 5.66. The van der Waals surface area contributed by atoms with E-state index >= 15 is 0 Å². The van der Waals surface area contributed by atoms with Gasteiger partial charge in [-0.1, -0.05) is 5.16 Å². The van der Waals surface area contributed by atoms with Crippen LogP contribution in [-0.2, 0) is 9.53 Å². The third-order valence-electron chi connectivity index (χ3n) is 2.58. The van der Waals surface area contributed by atoms with E-state index in [-0.39, 0.29) is 24.5 Å². The van der Waals surface area contributed by atoms with Crippen LogP contribution < -0.4 is 5.73 Å². The number of aliphatic hydroxyl groups excluding tert-OH is 1. The van der Waals surface area contributed by atoms with E-state index in [1.54, 1.807) is 11.8 Å². The van der Waals surface area contributed by atoms with Crippen molar-refractivity contribution in [2.75, 3.05) is 26.3 Å². The summed E-state index contributed by atoms with van der Waals surface area (Å²) in [6, 6.07) is 0. The lowest BCUT2D eigenvalue weighted by molar-refractivity contribution is -0.142. The van der Waals surface area contributed by atoms with Gasteiger partial charge in [0, 0.05) is 13.1 Å². The van der Waals surface area contributed by atoms with Crippen LogP contribution in [0, 0.1) is 5.92 Å². The first-order valence-corrected chi connectivity index (χ1v) is 5.08. The third kappa shape index (κ3) is 2.83. The van der Waals surface area contributed by atoms with Gasteiger partial charge in [0.1, 0.15) is 0 Å². The van der Waals surface area contributed by atoms with E-state index in [0.29, 0.717) is 19.7 Å². The van der Waals surface area contributed by atoms with Crippen molar-refractivity contribution in [1.29, 1.82) is 0 Å². The predicted molar refractivity (Wildman–Crippen MR) is 56.0 cm³/mol. The Morgan fingerprint density at radius 3 is 3.00 bits per heavy atom. The molecule has 1 aliphatic rings. The number of carbonyl (C=O) groups excluding carboxylic acids is 1. The summed E-state index contributed by atoms with van der Waals surface area (Å²) in [5, 5.41) is 20.2. The summed E-state index contributed by atoms with van der Waals surface area (Å²) in [4.78, 5) is 13.4. The van der Waals surface area contributed by atoms with Crippen LogP contribution in [0.3, 0.4) is 0 Å². The molecule has 0 aliphatic carbocycles. The fourth-order valence-corrected chi connectivity index (χ4v) is 1.52. The Morgan fingerprint density at radius 2 is 2.44 bits per heavy atom. The standard InChI is InChI=1S/C9H17N3O4/c1-6(8(10)11-15)9(14)12-2-3-16-7(4-12)5-13/h6-7,13,15H,2-5H2,1H3,(H2,10,11). The quantitative estimate of drug-likeness (QED) is 0.239. The van der Waals surface area contributed by atoms with Crippen LogP contribution in [-0.4, -0.2) is 59.4 Å². The first-order valence-electron chi connectivity index (χ1n) is 5.08. The lowest BCUT2D eigenvalue weighted by Crippen LogP contribution is -2.50. The molecule has 7 heteroatoms. The van der Waals surface area contributed by atoms with Gasteiger partial charge in [0.05, 0.1) is 25.2 Å². The van der Waals surface area contributed by atoms with Gasteiger partial charge >= 0.3 is 0 Å². The molecular weight excluding hydrogens is 214 g/mol. The summed E-state index contributed by atoms with van der Waals surface area (Å²) < 4.78 is 5.22. The maximum absolute atomic E-state index is 11.9. The molecule has 1 amide bonds. The van der Waals surface area contributed by atoms with Crippen molar-refractivity contribution in [3.05, 3.63) is 0 Å². The van der Waals surface area contributed by atoms with Crippen molar-refractivity contribution < 1.29 is 19.8 Å². The summed E-state index contributed by atoms with van der Waals surface area (Å²) in [7, 11) is 0. The molecule has 92 valence electrons. The van der Waals surface area contributed by atoms with Crippen LogP contribution in [0.5, 0.6) is 0 Å². The molecule has 16 heavy (non-hydrogen) atoms. The van der Waals surface area contributed by atoms with Crippen molar-refractivity contribution in [2.45, 2.75) is 13.0 Å². The number of amidine groups is 1. The first-order chi connectivity index (χ1) is 7.60. The average molecular weight is 231 g/mol. The van der Waals surface area contributed by atoms with Gasteiger partial charge in [-0.3, -0.25) is 4.79 Å². The van der Waals surface area contributed by atoms with Crippen molar-refractivity contribution >= 4 is 11.7 Å². The second-order valence-electron chi connectivity index (χ2n) is 3.71. The van der Waals surface area contributed by atoms with E-state index in [1.807, 2.05) is 0 Å². The number of amides is 1. The van der Waals surface area contributed by atoms with Gasteiger partial charge < -0.3 is 25.7 Å². The Hall–Kier alpha value is -1.34. The summed E-state index contributed by atoms with van der Waals surface area (Å²) in [6.45, 7) is 2.62. The van der Waals surface area contributed by atoms with Gasteiger partial charge in [-0.05, 0) is 6.92 Å². The number of morpholine rings is 1. The molecule has 0 radical (unpaired) electrons. The Labute approximate surface area is 93.5 Å². The molecule has 2 unspecified atom stereocenters. The fraction of sp³-hybridized carbons (Fsp3) is 0.778. The lowest BCUT2D eigenvalue weighted by atomic mass is 10.1. The van der Waals surface area contributed by atoms with Crippen molar-refractivity contribution in [1.82, 2.24) is 4.90 Å². The van der Waals surface area contributed by atoms with Gasteiger partial charge in [0.15, 0.2) is 5.84 Å². The average Bonchev–Trinajstić information content (AvgIpc) is 2.36. The van der Waals surface area contributed by atoms with E-state index in [1.165, 1.54) is 0 Å². The first kappa shape index (κ1) is 12.7. The summed E-state index contributed by atoms with van der Waals surface area (Å²) in [5.74, 6) is -1.00. The van der Waals surface area contributed by atoms with Gasteiger partial charge in [0.2, 0.25) is 5.91 Å². The Morgan fingerprint density at radius 1 is 1.75 bits per heavy atom. The highest BCUT2D eigenvalue weighted by atomic mass is 16.5. The number of carbonyl (C=O) groups is 1. The normalized spacial score (nSPS) is 24.2. The molecule has 1 rings (SSSR count). The zero-order valence-electron chi connectivity index (χ0n) is 9.17. The molecule has 1 saturated heterocycles. The topological polar surface area (TPSA) is 108 Å². The summed E-state index contributed by atoms with van der Waals surface area (Å²) in [5.41, 5.74) is 5.36. The summed E-state index contributed by atoms with van der Waals surface area (Å²) in [6.07, 6.45) is -0.350. The Balaban J connectivity index is 2.59. The van der Waals surface area contributed by atoms with E-state index in [9.17, 15) is 4.79 Å². The molecule has 1 heterocycles. The number of hydrogen-bond acceptors (Lipinski definition) is 5. The zero-order chi connectivity index (χ0) is 12.1. The van der Waals surface area contributed by atoms with Gasteiger partial charge in [-0.15, -0.1) is 0 Å². The second-order valence-corrected chi connectivity index (χ2v) is 3.71. The molecule has 7 nitrogen and oxygen atoms in total. The van der Waals surface area contributed by atoms with E-state index in [4.69, 9.17) is 20.8 Å². The largest absolute Gasteiger partial charge is 0.409 e. The van der Waals surface area contributed by atoms with Crippen molar-refractivity contribution in [3.63, 3.8) is 0 Å². The number of nitrogens with zero attached hydrogens (tertiary/aromatic N) is 2. The molecule has 0 saturated carbocycles. The summed E-state index contributed by atoms with van der Waals surface area (Å²) >= 11 is 0. The van der Waals surface area contributed by atoms with Gasteiger partial charge in [-0.2, -0.15) is 0 Å². The van der Waals surface area contributed by atoms with Crippen LogP contribution in [0.2, 0.25) is 0 Å². The van der Waals surface area contributed by atoms with Gasteiger partial charge in [-0.25, -0.2) is 0 Å². The number of nitrogens with two attached hydrogens (primary N) is 1. The molecule has 0 spiro atoms. The highest BCUT2D eigenvalue weighted by molar-refractivity contribution is 6.01. The fourth-order valence-electron chi connectivity index (χ4n) is 1.52. The van der Waals surface area contributed by atoms with Crippen LogP contribution in [0.25, 0.3) is 0 Å². The lowest BCUT2D eigenvalue weighted by Gasteiger charge is -2.33. The molecule has 1 aliphatic heterocycles. The number of hydrogen-bond donors (Lipinski definition) is 3. The Bertz CT molecular complexity index is 282. The third-order valence-corrected chi connectivity index (χ3v) is 2.58. The minimum atomic E-state index is -0.664. The number of aliphatic hydroxyl groups is 1. The molecule has 4 N–H and O–H groups in total. The monoisotopic (exact) mass is 231 g/mol. The van der Waals surface area contributed by atoms with Gasteiger partial charge in [0.25, 0.3) is 0 Å². The molecule has 0 aromatic heterocycles. The maximum atomic E-state index is 11.9. The van der Waals surface area contributed by atoms with Crippen LogP contribution in [0.1, 0.15) is 6.92 Å². The minimum absolute atomic E-state index is 0.114. The molecule has 0 aromatic rings. The maximum Gasteiger partial charge on any atom is 0.233 e. The van der Waals surface area contributed by atoms with Crippen LogP contribution in [0.15, 0.2) is 5.16 Å². The van der Waals surface area contributed by atoms with Crippen molar-refractivity contribution in [3.8, 4) is 0 Å². The van der Waals surface area contributed by atoms with Crippen molar-refractivity contribution in [2.24, 2.45) is 16.8 Å². The zero-order valence-corrected chi connectivity index (χ0v) is 9.17. The molecule has 0 aromatic carbocycles. The highest BCUT2D eigenvalue weighted by Crippen LogP contribution is 2.09. The molecule has 1 fully saturated rings. The van der Waals surface area contributed by atoms with E-state index in [2.05, 4.69) is 5.16 Å². The SMILES string of the molecule is CC(C(=O)N1CCOC(CO)C1)C(N)=NO. The highest BCUT2D eigenvalue weighted by Gasteiger charge is 2.28. The smallest absolute Gasteiger partial charge is 0.233 e. The van der Waals surface area contributed by atoms with Crippen LogP contribution in [0.4, 0.5) is 0 Å². The minimum Gasteiger partial charge on any atom is -0.409 e. The van der Waals surface area contributed by atoms with E-state index in [0.717, 1.165) is 0 Å². The predicted octanol–water partition coefficient (Wildman–Crippen LogP) is -1.41. The molecule has 0 bridgehead atoms. The number of ether oxygens (including phenoxy) is 1. The van der Waals surface area contributed by atoms with E-state index < -0.39 is 5.92 Å². The molecular formula is C9H17N3O4. The Kier molecular flexibility index (Phi) is 4.51. The van der Waals surface area contributed by atoms with Crippen LogP contribution >= 0.6 is 0 Å². The number of rotatable bonds is 3.